The molecule has 2 nitrogen and oxygen atoms in total. The topological polar surface area (TPSA) is 46.1 Å². The largest absolute Gasteiger partial charge is 0.850 e. The average molecular weight is 398 g/mol. The molecule has 1 aromatic carbocycles. The maximum Gasteiger partial charge on any atom is -0.160 e. The number of aryl methyl sites for hydroxylation is 1. The molecule has 0 atom stereocenters. The van der Waals surface area contributed by atoms with Crippen LogP contribution in [-0.2, 0) is 50.3 Å². The van der Waals surface area contributed by atoms with E-state index in [0.717, 1.165) is 0 Å². The predicted octanol–water partition coefficient (Wildman–Crippen LogP) is 1.85. The minimum absolute atomic E-state index is 1.26. The summed E-state index contributed by atoms with van der Waals surface area (Å²) >= 11 is 9.42. The first-order chi connectivity index (χ1) is 8.84. The Morgan fingerprint density at radius 1 is 1.16 bits per heavy atom. The second kappa shape index (κ2) is 11.5. The van der Waals surface area contributed by atoms with Gasteiger partial charge in [0, 0.05) is 0 Å². The van der Waals surface area contributed by atoms with Gasteiger partial charge in [-0.2, -0.15) is 11.8 Å². The fourth-order valence-corrected chi connectivity index (χ4v) is 2.24. The zero-order valence-electron chi connectivity index (χ0n) is 11.0. The molecule has 0 N–H and O–H groups in total. The third kappa shape index (κ3) is 15.0. The van der Waals surface area contributed by atoms with E-state index in [1.165, 1.54) is 48.0 Å². The van der Waals surface area contributed by atoms with E-state index in [2.05, 4.69) is 75.1 Å². The molecule has 1 aromatic rings. The third-order valence-corrected chi connectivity index (χ3v) is 3.50. The van der Waals surface area contributed by atoms with Crippen LogP contribution in [-0.4, -0.2) is 0 Å². The van der Waals surface area contributed by atoms with Gasteiger partial charge in [-0.05, 0) is 0 Å². The van der Waals surface area contributed by atoms with Crippen molar-refractivity contribution >= 4 is 33.7 Å². The summed E-state index contributed by atoms with van der Waals surface area (Å²) in [6, 6.07) is 8.75. The van der Waals surface area contributed by atoms with Gasteiger partial charge >= 0.3 is 99.0 Å². The zero-order valence-corrected chi connectivity index (χ0v) is 15.6. The van der Waals surface area contributed by atoms with Gasteiger partial charge in [0.05, 0.1) is 0 Å². The minimum atomic E-state index is -3.72. The summed E-state index contributed by atoms with van der Waals surface area (Å²) < 4.78 is 1.46. The zero-order chi connectivity index (χ0) is 14.7. The summed E-state index contributed by atoms with van der Waals surface area (Å²) in [5.41, 5.74) is -2.19. The Morgan fingerprint density at radius 3 is 2.21 bits per heavy atom. The molecule has 0 saturated heterocycles. The maximum absolute atomic E-state index is 9.29. The number of rotatable bonds is 6. The summed E-state index contributed by atoms with van der Waals surface area (Å²) in [6.45, 7) is 2.27. The third-order valence-electron chi connectivity index (χ3n) is 2.52. The SMILES string of the molecule is CCCCCCCc1cccc[c]1[Mo+3].[O-]P([O-])(=S)[S-]. The van der Waals surface area contributed by atoms with Crippen molar-refractivity contribution in [1.82, 2.24) is 0 Å². The van der Waals surface area contributed by atoms with Crippen LogP contribution in [0.15, 0.2) is 24.3 Å². The number of hydrogen-bond acceptors (Lipinski definition) is 4. The quantitative estimate of drug-likeness (QED) is 0.318. The van der Waals surface area contributed by atoms with Crippen LogP contribution in [0.4, 0.5) is 0 Å². The van der Waals surface area contributed by atoms with E-state index in [0.29, 0.717) is 0 Å². The van der Waals surface area contributed by atoms with Crippen LogP contribution in [0.5, 0.6) is 0 Å². The van der Waals surface area contributed by atoms with Crippen molar-refractivity contribution in [2.75, 3.05) is 0 Å². The molecule has 0 unspecified atom stereocenters. The fourth-order valence-electron chi connectivity index (χ4n) is 1.63. The summed E-state index contributed by atoms with van der Waals surface area (Å²) in [6.07, 6.45) is 8.15. The van der Waals surface area contributed by atoms with Gasteiger partial charge in [0.2, 0.25) is 0 Å². The van der Waals surface area contributed by atoms with Gasteiger partial charge in [0.15, 0.2) is 0 Å². The van der Waals surface area contributed by atoms with E-state index in [4.69, 9.17) is 0 Å². The molecule has 19 heavy (non-hydrogen) atoms. The molecule has 1 rings (SSSR count). The van der Waals surface area contributed by atoms with Crippen molar-refractivity contribution in [3.63, 3.8) is 0 Å². The van der Waals surface area contributed by atoms with Crippen molar-refractivity contribution in [2.24, 2.45) is 0 Å². The first-order valence-electron chi connectivity index (χ1n) is 6.32. The molecule has 106 valence electrons. The molecule has 0 aliphatic rings. The molecular formula is C13H19MoO2PS2. The molecule has 0 amide bonds. The van der Waals surface area contributed by atoms with Gasteiger partial charge in [0.25, 0.3) is 0 Å². The van der Waals surface area contributed by atoms with E-state index < -0.39 is 5.69 Å². The second-order valence-corrected chi connectivity index (χ2v) is 9.77. The predicted molar refractivity (Wildman–Crippen MR) is 80.2 cm³/mol. The standard InChI is InChI=1S/C13H19.Mo.H3O2PS2/c1-2-3-4-5-7-10-13-11-8-6-9-12-13;;1-3(2,4)5/h6,8-9,11H,2-5,7,10H2,1H3;;(H3,1,2,4,5)/q;+3;/p-3. The van der Waals surface area contributed by atoms with Gasteiger partial charge in [-0.25, -0.2) is 0 Å². The first-order valence-corrected chi connectivity index (χ1v) is 11.0. The van der Waals surface area contributed by atoms with E-state index in [-0.39, 0.29) is 0 Å². The number of benzene rings is 1. The van der Waals surface area contributed by atoms with Crippen LogP contribution in [0.25, 0.3) is 0 Å². The molecule has 0 saturated carbocycles. The second-order valence-electron chi connectivity index (χ2n) is 4.22. The number of unbranched alkanes of at least 4 members (excludes halogenated alkanes) is 4. The van der Waals surface area contributed by atoms with Gasteiger partial charge in [0.1, 0.15) is 0 Å². The molecule has 0 heterocycles. The number of hydrogen-bond donors (Lipinski definition) is 0. The maximum atomic E-state index is 9.29. The fraction of sp³-hybridized carbons (Fsp3) is 0.538. The molecule has 0 aliphatic heterocycles. The van der Waals surface area contributed by atoms with Crippen LogP contribution in [0, 0.1) is 0 Å². The van der Waals surface area contributed by atoms with Crippen molar-refractivity contribution in [3.8, 4) is 0 Å². The summed E-state index contributed by atoms with van der Waals surface area (Å²) in [7, 11) is 0. The van der Waals surface area contributed by atoms with Crippen molar-refractivity contribution in [3.05, 3.63) is 29.8 Å². The van der Waals surface area contributed by atoms with Crippen LogP contribution < -0.4 is 13.7 Å². The van der Waals surface area contributed by atoms with Gasteiger partial charge in [-0.1, -0.05) is 0 Å². The molecule has 0 spiro atoms. The van der Waals surface area contributed by atoms with Crippen LogP contribution >= 0.6 is 5.69 Å². The van der Waals surface area contributed by atoms with E-state index in [1.54, 1.807) is 0 Å². The van der Waals surface area contributed by atoms with E-state index in [9.17, 15) is 9.79 Å². The van der Waals surface area contributed by atoms with E-state index in [1.807, 2.05) is 0 Å². The molecule has 0 aliphatic carbocycles. The van der Waals surface area contributed by atoms with Gasteiger partial charge < -0.3 is 27.7 Å². The average Bonchev–Trinajstić information content (AvgIpc) is 2.29. The van der Waals surface area contributed by atoms with Crippen molar-refractivity contribution < 1.29 is 29.6 Å². The molecule has 0 radical (unpaired) electrons. The van der Waals surface area contributed by atoms with Gasteiger partial charge in [-0.3, -0.25) is 0 Å². The summed E-state index contributed by atoms with van der Waals surface area (Å²) in [4.78, 5) is 18.6. The Kier molecular flexibility index (Phi) is 12.0. The monoisotopic (exact) mass is 400 g/mol. The van der Waals surface area contributed by atoms with Crippen molar-refractivity contribution in [1.29, 1.82) is 0 Å². The molecule has 0 aromatic heterocycles. The molecule has 0 fully saturated rings. The Bertz CT molecular complexity index is 388. The molecule has 6 heteroatoms. The molecular weight excluding hydrogens is 379 g/mol. The van der Waals surface area contributed by atoms with Crippen LogP contribution in [0.1, 0.15) is 44.6 Å². The Labute approximate surface area is 138 Å². The summed E-state index contributed by atoms with van der Waals surface area (Å²) in [5.74, 6) is 0. The first kappa shape index (κ1) is 19.8. The van der Waals surface area contributed by atoms with Crippen molar-refractivity contribution in [2.45, 2.75) is 45.4 Å². The van der Waals surface area contributed by atoms with Crippen LogP contribution in [0.2, 0.25) is 0 Å². The Balaban J connectivity index is 0.000000555. The smallest absolute Gasteiger partial charge is 0.160 e. The normalized spacial score (nSPS) is 10.7. The Morgan fingerprint density at radius 2 is 1.68 bits per heavy atom. The molecule has 0 bridgehead atoms. The minimum Gasteiger partial charge on any atom is -0.850 e. The van der Waals surface area contributed by atoms with Crippen LogP contribution in [0.3, 0.4) is 0 Å². The van der Waals surface area contributed by atoms with E-state index >= 15 is 0 Å². The Hall–Kier alpha value is 0.828. The van der Waals surface area contributed by atoms with Gasteiger partial charge in [-0.15, -0.1) is 0 Å². The summed E-state index contributed by atoms with van der Waals surface area (Å²) in [5, 5.41) is 0.